The lowest BCUT2D eigenvalue weighted by Crippen LogP contribution is -2.48. The highest BCUT2D eigenvalue weighted by molar-refractivity contribution is 6.42. The third kappa shape index (κ3) is 15.9. The molecule has 0 aliphatic carbocycles. The molecule has 0 radical (unpaired) electrons. The molecule has 4 heterocycles. The Labute approximate surface area is 424 Å². The van der Waals surface area contributed by atoms with Gasteiger partial charge < -0.3 is 34.9 Å². The number of halogens is 4. The summed E-state index contributed by atoms with van der Waals surface area (Å²) >= 11 is 18.1. The molecule has 4 aromatic carbocycles. The fraction of sp³-hybridized carbons (Fsp3) is 0.500. The molecule has 8 rings (SSSR count). The van der Waals surface area contributed by atoms with E-state index in [4.69, 9.17) is 49.7 Å². The lowest BCUT2D eigenvalue weighted by atomic mass is 9.93. The summed E-state index contributed by atoms with van der Waals surface area (Å²) in [6.45, 7) is 11.4. The fourth-order valence-corrected chi connectivity index (χ4v) is 10.8. The van der Waals surface area contributed by atoms with Crippen molar-refractivity contribution in [1.29, 1.82) is 5.41 Å². The number of rotatable bonds is 17. The Morgan fingerprint density at radius 2 is 1.20 bits per heavy atom. The molecule has 4 aromatic rings. The van der Waals surface area contributed by atoms with Crippen molar-refractivity contribution >= 4 is 53.0 Å². The van der Waals surface area contributed by atoms with Crippen molar-refractivity contribution in [2.24, 2.45) is 11.8 Å². The summed E-state index contributed by atoms with van der Waals surface area (Å²) in [6, 6.07) is 23.9. The van der Waals surface area contributed by atoms with Crippen LogP contribution in [0.2, 0.25) is 15.1 Å². The maximum atomic E-state index is 13.2. The molecule has 4 aliphatic rings. The van der Waals surface area contributed by atoms with Gasteiger partial charge in [-0.25, -0.2) is 4.39 Å². The van der Waals surface area contributed by atoms with Gasteiger partial charge in [0, 0.05) is 59.4 Å². The largest absolute Gasteiger partial charge is 0.490 e. The van der Waals surface area contributed by atoms with E-state index < -0.39 is 24.0 Å². The molecule has 0 aromatic heterocycles. The monoisotopic (exact) mass is 1010 g/mol. The van der Waals surface area contributed by atoms with Crippen LogP contribution in [-0.2, 0) is 22.4 Å². The zero-order valence-electron chi connectivity index (χ0n) is 39.6. The van der Waals surface area contributed by atoms with E-state index in [0.29, 0.717) is 34.7 Å². The summed E-state index contributed by atoms with van der Waals surface area (Å²) in [7, 11) is 0. The lowest BCUT2D eigenvalue weighted by Gasteiger charge is -2.39. The number of carboxylic acids is 2. The number of aryl methyl sites for hydroxylation is 1. The lowest BCUT2D eigenvalue weighted by molar-refractivity contribution is -0.144. The maximum absolute atomic E-state index is 13.2. The van der Waals surface area contributed by atoms with Crippen molar-refractivity contribution in [3.05, 3.63) is 128 Å². The van der Waals surface area contributed by atoms with Gasteiger partial charge in [0.2, 0.25) is 0 Å². The van der Waals surface area contributed by atoms with Crippen LogP contribution >= 0.6 is 34.8 Å². The van der Waals surface area contributed by atoms with Crippen LogP contribution in [0.1, 0.15) is 76.5 Å². The van der Waals surface area contributed by atoms with Gasteiger partial charge in [-0.2, -0.15) is 0 Å². The van der Waals surface area contributed by atoms with E-state index in [-0.39, 0.29) is 20.9 Å². The van der Waals surface area contributed by atoms with Crippen molar-refractivity contribution in [3.8, 4) is 11.5 Å². The number of likely N-dealkylation sites (tertiary alicyclic amines) is 4. The first-order valence-corrected chi connectivity index (χ1v) is 25.7. The number of piperidine rings is 4. The molecule has 0 amide bonds. The molecule has 4 aliphatic heterocycles. The molecule has 0 bridgehead atoms. The topological polar surface area (TPSA) is 130 Å². The number of hydrogen-bond acceptors (Lipinski definition) is 9. The number of carbonyl (C=O) groups is 2. The number of nitrogens with zero attached hydrogens (tertiary/aromatic N) is 4. The summed E-state index contributed by atoms with van der Waals surface area (Å²) in [5, 5.41) is 28.9. The molecule has 0 unspecified atom stereocenters. The molecule has 376 valence electrons. The molecule has 0 saturated carbocycles. The Morgan fingerprint density at radius 3 is 1.71 bits per heavy atom. The molecule has 4 fully saturated rings. The summed E-state index contributed by atoms with van der Waals surface area (Å²) in [5.41, 5.74) is 3.69. The van der Waals surface area contributed by atoms with E-state index in [2.05, 4.69) is 19.6 Å². The second kappa shape index (κ2) is 25.7. The quantitative estimate of drug-likeness (QED) is 0.0879. The molecular formula is C54H71Cl3FN5O6. The molecule has 11 nitrogen and oxygen atoms in total. The van der Waals surface area contributed by atoms with Crippen LogP contribution in [0.15, 0.2) is 84.9 Å². The van der Waals surface area contributed by atoms with Gasteiger partial charge in [0.05, 0.1) is 10.0 Å². The first kappa shape index (κ1) is 52.6. The number of nitrogens with one attached hydrogen (secondary N) is 1. The normalized spacial score (nSPS) is 19.6. The van der Waals surface area contributed by atoms with Gasteiger partial charge in [-0.1, -0.05) is 71.2 Å². The second-order valence-electron chi connectivity index (χ2n) is 19.3. The first-order chi connectivity index (χ1) is 33.3. The summed E-state index contributed by atoms with van der Waals surface area (Å²) in [4.78, 5) is 33.2. The molecule has 2 atom stereocenters. The van der Waals surface area contributed by atoms with Crippen LogP contribution in [0.25, 0.3) is 0 Å². The van der Waals surface area contributed by atoms with Crippen molar-refractivity contribution in [2.75, 3.05) is 65.4 Å². The highest BCUT2D eigenvalue weighted by Crippen LogP contribution is 2.31. The van der Waals surface area contributed by atoms with Crippen molar-refractivity contribution in [3.63, 3.8) is 0 Å². The van der Waals surface area contributed by atoms with Crippen LogP contribution in [0.4, 0.5) is 4.39 Å². The van der Waals surface area contributed by atoms with Gasteiger partial charge >= 0.3 is 11.9 Å². The van der Waals surface area contributed by atoms with Gasteiger partial charge in [0.25, 0.3) is 0 Å². The standard InChI is InChI=1S/C27H33Cl2N3O3.C27H34ClFN2O3.2H2/c28-24-5-4-23(16-25(24)29)35-22-8-10-31(11-9-22)18-19-6-12-32(13-7-19)26(27(33)34)15-20-2-1-3-21(14-20)17-30;1-19-16-22(28)4-7-26(19)34-24-10-12-30(13-11-24)18-21-8-14-31(15-9-21)25(27(32)33)17-20-2-5-23(29)6-3-20;;/h1-5,14,16-17,19,22,26,30H,6-13,15,18H2,(H,33,34);2-7,16,21,24-25H,8-15,17-18H2,1H3,(H,32,33);2*1H/t26-;25-;;/m00../s1. The zero-order valence-corrected chi connectivity index (χ0v) is 41.9. The van der Waals surface area contributed by atoms with E-state index in [9.17, 15) is 24.2 Å². The van der Waals surface area contributed by atoms with Crippen LogP contribution in [0, 0.1) is 30.0 Å². The highest BCUT2D eigenvalue weighted by Gasteiger charge is 2.33. The van der Waals surface area contributed by atoms with E-state index in [1.807, 2.05) is 55.5 Å². The smallest absolute Gasteiger partial charge is 0.321 e. The minimum Gasteiger partial charge on any atom is -0.490 e. The highest BCUT2D eigenvalue weighted by atomic mass is 35.5. The Kier molecular flexibility index (Phi) is 19.6. The van der Waals surface area contributed by atoms with Crippen molar-refractivity contribution in [1.82, 2.24) is 19.6 Å². The Hall–Kier alpha value is -4.27. The number of aliphatic carboxylic acids is 2. The van der Waals surface area contributed by atoms with E-state index in [1.165, 1.54) is 18.3 Å². The molecule has 15 heteroatoms. The number of carboxylic acid groups (broad SMARTS) is 2. The summed E-state index contributed by atoms with van der Waals surface area (Å²) in [5.74, 6) is 0.995. The summed E-state index contributed by atoms with van der Waals surface area (Å²) < 4.78 is 25.5. The SMILES string of the molecule is Cc1cc(Cl)ccc1OC1CCN(CC2CCN([C@@H](Cc3ccc(F)cc3)C(=O)O)CC2)CC1.N=Cc1cccc(C[C@@H](C(=O)O)N2CCC(CN3CCC(Oc4ccc(Cl)c(Cl)c4)CC3)CC2)c1.[HH].[HH]. The molecule has 69 heavy (non-hydrogen) atoms. The van der Waals surface area contributed by atoms with Gasteiger partial charge in [-0.05, 0) is 174 Å². The first-order valence-electron chi connectivity index (χ1n) is 24.5. The van der Waals surface area contributed by atoms with E-state index in [1.54, 1.807) is 24.3 Å². The average Bonchev–Trinajstić information content (AvgIpc) is 3.34. The van der Waals surface area contributed by atoms with Crippen LogP contribution in [0.5, 0.6) is 11.5 Å². The van der Waals surface area contributed by atoms with Crippen molar-refractivity contribution < 1.29 is 36.5 Å². The fourth-order valence-electron chi connectivity index (χ4n) is 10.3. The maximum Gasteiger partial charge on any atom is 0.321 e. The second-order valence-corrected chi connectivity index (χ2v) is 20.6. The Morgan fingerprint density at radius 1 is 0.667 bits per heavy atom. The van der Waals surface area contributed by atoms with Crippen molar-refractivity contribution in [2.45, 2.75) is 95.4 Å². The van der Waals surface area contributed by atoms with E-state index >= 15 is 0 Å². The molecular weight excluding hydrogens is 940 g/mol. The van der Waals surface area contributed by atoms with Gasteiger partial charge in [0.15, 0.2) is 0 Å². The van der Waals surface area contributed by atoms with Gasteiger partial charge in [-0.3, -0.25) is 19.4 Å². The predicted molar refractivity (Wildman–Crippen MR) is 277 cm³/mol. The molecule has 3 N–H and O–H groups in total. The van der Waals surface area contributed by atoms with Gasteiger partial charge in [0.1, 0.15) is 41.6 Å². The minimum absolute atomic E-state index is 0. The van der Waals surface area contributed by atoms with Gasteiger partial charge in [-0.15, -0.1) is 0 Å². The van der Waals surface area contributed by atoms with E-state index in [0.717, 1.165) is 156 Å². The predicted octanol–water partition coefficient (Wildman–Crippen LogP) is 10.8. The molecule has 0 spiro atoms. The van der Waals surface area contributed by atoms with Crippen LogP contribution in [-0.4, -0.2) is 138 Å². The Balaban J connectivity index is 0.000000257. The van der Waals surface area contributed by atoms with Crippen LogP contribution in [0.3, 0.4) is 0 Å². The number of ether oxygens (including phenoxy) is 2. The number of hydrogen-bond donors (Lipinski definition) is 3. The average molecular weight is 1010 g/mol. The summed E-state index contributed by atoms with van der Waals surface area (Å²) in [6.07, 6.45) is 10.6. The minimum atomic E-state index is -0.805. The number of benzene rings is 4. The Bertz CT molecular complexity index is 2310. The third-order valence-corrected chi connectivity index (χ3v) is 15.3. The molecule has 4 saturated heterocycles. The third-order valence-electron chi connectivity index (χ3n) is 14.4. The van der Waals surface area contributed by atoms with Crippen LogP contribution < -0.4 is 9.47 Å². The zero-order chi connectivity index (χ0) is 48.9.